The summed E-state index contributed by atoms with van der Waals surface area (Å²) in [6.45, 7) is 2.77. The van der Waals surface area contributed by atoms with E-state index >= 15 is 0 Å². The first-order chi connectivity index (χ1) is 11.7. The predicted molar refractivity (Wildman–Crippen MR) is 92.6 cm³/mol. The molecule has 5 heteroatoms. The molecule has 24 heavy (non-hydrogen) atoms. The lowest BCUT2D eigenvalue weighted by Crippen LogP contribution is -2.47. The second kappa shape index (κ2) is 7.93. The van der Waals surface area contributed by atoms with Gasteiger partial charge in [-0.2, -0.15) is 0 Å². The molecule has 0 spiro atoms. The summed E-state index contributed by atoms with van der Waals surface area (Å²) in [5.41, 5.74) is 2.03. The number of amides is 2. The number of ether oxygens (including phenoxy) is 1. The maximum Gasteiger partial charge on any atom is 0.315 e. The van der Waals surface area contributed by atoms with Gasteiger partial charge in [0.2, 0.25) is 0 Å². The maximum absolute atomic E-state index is 12.5. The number of carbonyl (C=O) groups excluding carboxylic acids is 1. The van der Waals surface area contributed by atoms with E-state index in [1.807, 2.05) is 49.4 Å². The smallest absolute Gasteiger partial charge is 0.315 e. The van der Waals surface area contributed by atoms with E-state index in [-0.39, 0.29) is 24.2 Å². The largest absolute Gasteiger partial charge is 0.376 e. The van der Waals surface area contributed by atoms with Gasteiger partial charge in [-0.05, 0) is 43.0 Å². The van der Waals surface area contributed by atoms with Crippen molar-refractivity contribution >= 4 is 6.03 Å². The van der Waals surface area contributed by atoms with Gasteiger partial charge >= 0.3 is 6.03 Å². The molecule has 0 radical (unpaired) electrons. The summed E-state index contributed by atoms with van der Waals surface area (Å²) in [7, 11) is 0. The van der Waals surface area contributed by atoms with E-state index in [9.17, 15) is 4.79 Å². The fourth-order valence-corrected chi connectivity index (χ4v) is 3.03. The third kappa shape index (κ3) is 4.11. The van der Waals surface area contributed by atoms with E-state index in [4.69, 9.17) is 4.74 Å². The van der Waals surface area contributed by atoms with Gasteiger partial charge in [0.1, 0.15) is 0 Å². The molecule has 0 saturated carbocycles. The predicted octanol–water partition coefficient (Wildman–Crippen LogP) is 3.04. The number of rotatable bonds is 5. The molecule has 2 heterocycles. The van der Waals surface area contributed by atoms with Crippen LogP contribution in [0.4, 0.5) is 4.79 Å². The van der Waals surface area contributed by atoms with E-state index in [1.54, 1.807) is 12.4 Å². The molecule has 126 valence electrons. The second-order valence-corrected chi connectivity index (χ2v) is 6.08. The van der Waals surface area contributed by atoms with Crippen LogP contribution in [-0.4, -0.2) is 29.8 Å². The highest BCUT2D eigenvalue weighted by Gasteiger charge is 2.25. The quantitative estimate of drug-likeness (QED) is 0.888. The van der Waals surface area contributed by atoms with Crippen molar-refractivity contribution in [3.63, 3.8) is 0 Å². The Balaban J connectivity index is 1.71. The number of aromatic nitrogens is 1. The Hall–Kier alpha value is -2.40. The lowest BCUT2D eigenvalue weighted by atomic mass is 10.00. The zero-order valence-corrected chi connectivity index (χ0v) is 13.8. The van der Waals surface area contributed by atoms with Gasteiger partial charge in [-0.25, -0.2) is 4.79 Å². The Labute approximate surface area is 142 Å². The molecule has 0 bridgehead atoms. The van der Waals surface area contributed by atoms with Crippen molar-refractivity contribution < 1.29 is 9.53 Å². The lowest BCUT2D eigenvalue weighted by Gasteiger charge is -2.24. The van der Waals surface area contributed by atoms with Crippen LogP contribution in [0.5, 0.6) is 0 Å². The number of benzene rings is 1. The molecule has 5 nitrogen and oxygen atoms in total. The molecule has 2 amide bonds. The summed E-state index contributed by atoms with van der Waals surface area (Å²) in [4.78, 5) is 16.5. The fraction of sp³-hybridized carbons (Fsp3) is 0.368. The van der Waals surface area contributed by atoms with Crippen molar-refractivity contribution in [3.8, 4) is 0 Å². The first-order valence-electron chi connectivity index (χ1n) is 8.37. The third-order valence-corrected chi connectivity index (χ3v) is 4.33. The van der Waals surface area contributed by atoms with Crippen LogP contribution in [0.25, 0.3) is 0 Å². The van der Waals surface area contributed by atoms with Gasteiger partial charge in [-0.3, -0.25) is 4.98 Å². The second-order valence-electron chi connectivity index (χ2n) is 6.08. The van der Waals surface area contributed by atoms with Crippen molar-refractivity contribution in [3.05, 3.63) is 66.0 Å². The highest BCUT2D eigenvalue weighted by Crippen LogP contribution is 2.21. The van der Waals surface area contributed by atoms with Gasteiger partial charge in [-0.1, -0.05) is 30.3 Å². The van der Waals surface area contributed by atoms with Crippen LogP contribution in [0, 0.1) is 0 Å². The standard InChI is InChI=1S/C19H23N3O2/c1-14(17-8-5-13-24-17)21-19(23)22-18(15-6-3-2-4-7-15)16-9-11-20-12-10-16/h2-4,6-7,9-12,14,17-18H,5,8,13H2,1H3,(H2,21,22,23)/t14-,17+,18+/m0/s1. The molecule has 0 aliphatic carbocycles. The highest BCUT2D eigenvalue weighted by atomic mass is 16.5. The van der Waals surface area contributed by atoms with Crippen molar-refractivity contribution in [2.75, 3.05) is 6.61 Å². The van der Waals surface area contributed by atoms with Gasteiger partial charge in [-0.15, -0.1) is 0 Å². The van der Waals surface area contributed by atoms with Crippen LogP contribution in [0.2, 0.25) is 0 Å². The summed E-state index contributed by atoms with van der Waals surface area (Å²) in [5.74, 6) is 0. The normalized spacial score (nSPS) is 19.5. The van der Waals surface area contributed by atoms with Crippen molar-refractivity contribution in [2.24, 2.45) is 0 Å². The SMILES string of the molecule is C[C@H](NC(=O)N[C@H](c1ccccc1)c1ccncc1)[C@H]1CCCO1. The molecule has 3 atom stereocenters. The fourth-order valence-electron chi connectivity index (χ4n) is 3.03. The van der Waals surface area contributed by atoms with Gasteiger partial charge in [0, 0.05) is 19.0 Å². The minimum absolute atomic E-state index is 0.0126. The van der Waals surface area contributed by atoms with Crippen LogP contribution in [0.3, 0.4) is 0 Å². The minimum atomic E-state index is -0.217. The molecule has 1 aliphatic heterocycles. The van der Waals surface area contributed by atoms with Gasteiger partial charge in [0.05, 0.1) is 18.2 Å². The average Bonchev–Trinajstić information content (AvgIpc) is 3.16. The van der Waals surface area contributed by atoms with E-state index in [2.05, 4.69) is 15.6 Å². The molecule has 2 aromatic rings. The number of carbonyl (C=O) groups is 1. The van der Waals surface area contributed by atoms with Crippen molar-refractivity contribution in [1.82, 2.24) is 15.6 Å². The minimum Gasteiger partial charge on any atom is -0.376 e. The Bertz CT molecular complexity index is 603. The van der Waals surface area contributed by atoms with Gasteiger partial charge < -0.3 is 15.4 Å². The summed E-state index contributed by atoms with van der Waals surface area (Å²) in [6.07, 6.45) is 5.63. The summed E-state index contributed by atoms with van der Waals surface area (Å²) >= 11 is 0. The topological polar surface area (TPSA) is 63.2 Å². The van der Waals surface area contributed by atoms with Crippen LogP contribution < -0.4 is 10.6 Å². The van der Waals surface area contributed by atoms with Crippen LogP contribution in [0.1, 0.15) is 36.9 Å². The molecular weight excluding hydrogens is 302 g/mol. The van der Waals surface area contributed by atoms with E-state index in [0.29, 0.717) is 0 Å². The van der Waals surface area contributed by atoms with Crippen molar-refractivity contribution in [1.29, 1.82) is 0 Å². The van der Waals surface area contributed by atoms with E-state index in [0.717, 1.165) is 30.6 Å². The number of pyridine rings is 1. The Morgan fingerprint density at radius 2 is 1.83 bits per heavy atom. The first-order valence-corrected chi connectivity index (χ1v) is 8.37. The zero-order valence-electron chi connectivity index (χ0n) is 13.8. The van der Waals surface area contributed by atoms with E-state index < -0.39 is 0 Å². The van der Waals surface area contributed by atoms with Crippen LogP contribution >= 0.6 is 0 Å². The highest BCUT2D eigenvalue weighted by molar-refractivity contribution is 5.75. The first kappa shape index (κ1) is 16.5. The Morgan fingerprint density at radius 3 is 2.50 bits per heavy atom. The number of nitrogens with one attached hydrogen (secondary N) is 2. The number of hydrogen-bond donors (Lipinski definition) is 2. The van der Waals surface area contributed by atoms with Gasteiger partial charge in [0.15, 0.2) is 0 Å². The third-order valence-electron chi connectivity index (χ3n) is 4.33. The molecule has 0 unspecified atom stereocenters. The summed E-state index contributed by atoms with van der Waals surface area (Å²) in [5, 5.41) is 6.07. The molecule has 3 rings (SSSR count). The van der Waals surface area contributed by atoms with Gasteiger partial charge in [0.25, 0.3) is 0 Å². The molecular formula is C19H23N3O2. The van der Waals surface area contributed by atoms with Crippen LogP contribution in [-0.2, 0) is 4.74 Å². The lowest BCUT2D eigenvalue weighted by molar-refractivity contribution is 0.0859. The van der Waals surface area contributed by atoms with E-state index in [1.165, 1.54) is 0 Å². The monoisotopic (exact) mass is 325 g/mol. The molecule has 1 saturated heterocycles. The number of urea groups is 1. The zero-order chi connectivity index (χ0) is 16.8. The Morgan fingerprint density at radius 1 is 1.12 bits per heavy atom. The molecule has 1 aliphatic rings. The molecule has 1 aromatic heterocycles. The average molecular weight is 325 g/mol. The number of hydrogen-bond acceptors (Lipinski definition) is 3. The summed E-state index contributed by atoms with van der Waals surface area (Å²) in [6, 6.07) is 13.3. The molecule has 2 N–H and O–H groups in total. The maximum atomic E-state index is 12.5. The Kier molecular flexibility index (Phi) is 5.43. The van der Waals surface area contributed by atoms with Crippen molar-refractivity contribution in [2.45, 2.75) is 38.0 Å². The van der Waals surface area contributed by atoms with Crippen LogP contribution in [0.15, 0.2) is 54.9 Å². The molecule has 1 aromatic carbocycles. The molecule has 1 fully saturated rings. The number of nitrogens with zero attached hydrogens (tertiary/aromatic N) is 1. The summed E-state index contributed by atoms with van der Waals surface area (Å²) < 4.78 is 5.64.